The number of Topliss-reactive ketones (excluding diaryl/α,β-unsaturated/α-hetero) is 1. The summed E-state index contributed by atoms with van der Waals surface area (Å²) in [6.07, 6.45) is 0. The van der Waals surface area contributed by atoms with Crippen molar-refractivity contribution < 1.29 is 17.5 Å². The van der Waals surface area contributed by atoms with Gasteiger partial charge in [-0.25, -0.2) is 0 Å². The molecule has 1 aromatic rings. The molecule has 5 nitrogen and oxygen atoms in total. The molecule has 0 amide bonds. The first-order chi connectivity index (χ1) is 10.3. The molecular weight excluding hydrogens is 349 g/mol. The summed E-state index contributed by atoms with van der Waals surface area (Å²) >= 11 is 12.0. The van der Waals surface area contributed by atoms with Gasteiger partial charge in [0.2, 0.25) is 0 Å². The van der Waals surface area contributed by atoms with Crippen molar-refractivity contribution in [2.24, 2.45) is 5.16 Å². The monoisotopic (exact) mass is 361 g/mol. The summed E-state index contributed by atoms with van der Waals surface area (Å²) < 4.78 is 28.8. The van der Waals surface area contributed by atoms with Gasteiger partial charge in [0.15, 0.2) is 5.78 Å². The first kappa shape index (κ1) is 17.0. The zero-order chi connectivity index (χ0) is 16.5. The molecule has 118 valence electrons. The van der Waals surface area contributed by atoms with E-state index in [1.165, 1.54) is 12.1 Å². The van der Waals surface area contributed by atoms with E-state index >= 15 is 0 Å². The van der Waals surface area contributed by atoms with Crippen LogP contribution in [0.3, 0.4) is 0 Å². The largest absolute Gasteiger partial charge is 0.358 e. The van der Waals surface area contributed by atoms with E-state index in [1.54, 1.807) is 32.0 Å². The Morgan fingerprint density at radius 1 is 1.05 bits per heavy atom. The minimum atomic E-state index is -4.05. The number of benzene rings is 1. The Labute approximate surface area is 138 Å². The molecule has 0 unspecified atom stereocenters. The molecule has 2 atom stereocenters. The minimum absolute atomic E-state index is 0.0295. The van der Waals surface area contributed by atoms with Crippen LogP contribution in [0.25, 0.3) is 0 Å². The molecule has 0 aromatic heterocycles. The van der Waals surface area contributed by atoms with Gasteiger partial charge in [0.05, 0.1) is 0 Å². The summed E-state index contributed by atoms with van der Waals surface area (Å²) in [4.78, 5) is 11.8. The Kier molecular flexibility index (Phi) is 4.94. The van der Waals surface area contributed by atoms with Crippen LogP contribution in [0.5, 0.6) is 0 Å². The highest BCUT2D eigenvalue weighted by Crippen LogP contribution is 2.28. The number of rotatable bonds is 3. The Balaban J connectivity index is 2.36. The Morgan fingerprint density at radius 2 is 1.64 bits per heavy atom. The quantitative estimate of drug-likeness (QED) is 0.612. The van der Waals surface area contributed by atoms with Crippen LogP contribution in [0.15, 0.2) is 51.5 Å². The number of oxime groups is 1. The molecule has 0 bridgehead atoms. The van der Waals surface area contributed by atoms with Crippen molar-refractivity contribution in [1.29, 1.82) is 0 Å². The van der Waals surface area contributed by atoms with E-state index in [1.807, 2.05) is 0 Å². The molecule has 1 aromatic carbocycles. The summed E-state index contributed by atoms with van der Waals surface area (Å²) in [7, 11) is -4.05. The van der Waals surface area contributed by atoms with E-state index in [2.05, 4.69) is 5.16 Å². The average molecular weight is 362 g/mol. The zero-order valence-corrected chi connectivity index (χ0v) is 14.1. The van der Waals surface area contributed by atoms with Gasteiger partial charge in [-0.3, -0.25) is 9.08 Å². The number of carbonyl (C=O) groups is 1. The molecule has 0 saturated carbocycles. The van der Waals surface area contributed by atoms with E-state index in [0.717, 1.165) is 0 Å². The molecule has 0 fully saturated rings. The van der Waals surface area contributed by atoms with Crippen molar-refractivity contribution in [3.05, 3.63) is 41.5 Å². The SMILES string of the molecule is CC1=C(C)/C(=N/OS(=O)(=O)c2ccccc2)[C@H](Cl)[C@@H](Cl)C1=O. The maximum Gasteiger partial charge on any atom is 0.358 e. The van der Waals surface area contributed by atoms with Gasteiger partial charge in [0.25, 0.3) is 0 Å². The minimum Gasteiger partial charge on any atom is -0.293 e. The number of carbonyl (C=O) groups excluding carboxylic acids is 1. The second-order valence-corrected chi connectivity index (χ2v) is 7.21. The molecule has 0 saturated heterocycles. The van der Waals surface area contributed by atoms with Crippen LogP contribution in [0.1, 0.15) is 13.8 Å². The lowest BCUT2D eigenvalue weighted by Gasteiger charge is -2.24. The van der Waals surface area contributed by atoms with Crippen LogP contribution < -0.4 is 0 Å². The molecule has 1 aliphatic rings. The highest BCUT2D eigenvalue weighted by Gasteiger charge is 2.37. The van der Waals surface area contributed by atoms with E-state index in [9.17, 15) is 13.2 Å². The van der Waals surface area contributed by atoms with Gasteiger partial charge in [-0.1, -0.05) is 23.4 Å². The number of ketones is 1. The number of alkyl halides is 2. The lowest BCUT2D eigenvalue weighted by Crippen LogP contribution is -2.38. The van der Waals surface area contributed by atoms with Crippen molar-refractivity contribution in [1.82, 2.24) is 0 Å². The van der Waals surface area contributed by atoms with Crippen molar-refractivity contribution >= 4 is 44.8 Å². The van der Waals surface area contributed by atoms with E-state index in [0.29, 0.717) is 11.1 Å². The predicted octanol–water partition coefficient (Wildman–Crippen LogP) is 2.88. The molecule has 8 heteroatoms. The molecule has 22 heavy (non-hydrogen) atoms. The highest BCUT2D eigenvalue weighted by atomic mass is 35.5. The normalized spacial score (nSPS) is 24.7. The van der Waals surface area contributed by atoms with Crippen LogP contribution in [0, 0.1) is 0 Å². The van der Waals surface area contributed by atoms with Crippen LogP contribution in [0.2, 0.25) is 0 Å². The second-order valence-electron chi connectivity index (χ2n) is 4.74. The van der Waals surface area contributed by atoms with Gasteiger partial charge in [0.1, 0.15) is 21.4 Å². The zero-order valence-electron chi connectivity index (χ0n) is 11.8. The first-order valence-corrected chi connectivity index (χ1v) is 8.60. The molecule has 0 N–H and O–H groups in total. The summed E-state index contributed by atoms with van der Waals surface area (Å²) in [5.74, 6) is -0.302. The number of hydrogen-bond acceptors (Lipinski definition) is 5. The predicted molar refractivity (Wildman–Crippen MR) is 84.8 cm³/mol. The molecular formula is C14H13Cl2NO4S. The van der Waals surface area contributed by atoms with Gasteiger partial charge in [-0.15, -0.1) is 23.2 Å². The smallest absolute Gasteiger partial charge is 0.293 e. The summed E-state index contributed by atoms with van der Waals surface area (Å²) in [5.41, 5.74) is 0.986. The van der Waals surface area contributed by atoms with Gasteiger partial charge < -0.3 is 0 Å². The first-order valence-electron chi connectivity index (χ1n) is 6.32. The van der Waals surface area contributed by atoms with E-state index in [4.69, 9.17) is 27.5 Å². The van der Waals surface area contributed by atoms with Crippen LogP contribution in [0.4, 0.5) is 0 Å². The maximum absolute atomic E-state index is 12.0. The number of halogens is 2. The second kappa shape index (κ2) is 6.40. The fraction of sp³-hybridized carbons (Fsp3) is 0.286. The van der Waals surface area contributed by atoms with Gasteiger partial charge in [-0.05, 0) is 37.1 Å². The third-order valence-electron chi connectivity index (χ3n) is 3.35. The van der Waals surface area contributed by atoms with Gasteiger partial charge >= 0.3 is 10.1 Å². The van der Waals surface area contributed by atoms with Crippen LogP contribution in [-0.2, 0) is 19.2 Å². The van der Waals surface area contributed by atoms with E-state index < -0.39 is 20.9 Å². The van der Waals surface area contributed by atoms with Crippen molar-refractivity contribution in [2.45, 2.75) is 29.5 Å². The average Bonchev–Trinajstić information content (AvgIpc) is 2.52. The standard InChI is InChI=1S/C14H13Cl2NO4S/c1-8-9(2)14(18)12(16)11(15)13(8)17-21-22(19,20)10-6-4-3-5-7-10/h3-7,11-12H,1-2H3/b17-13-/t11-,12-/m1/s1. The van der Waals surface area contributed by atoms with Crippen molar-refractivity contribution in [3.63, 3.8) is 0 Å². The number of allylic oxidation sites excluding steroid dienone is 2. The van der Waals surface area contributed by atoms with Gasteiger partial charge in [-0.2, -0.15) is 8.42 Å². The Bertz CT molecular complexity index is 756. The Morgan fingerprint density at radius 3 is 2.23 bits per heavy atom. The molecule has 0 radical (unpaired) electrons. The van der Waals surface area contributed by atoms with Crippen LogP contribution in [-0.4, -0.2) is 30.7 Å². The summed E-state index contributed by atoms with van der Waals surface area (Å²) in [5, 5.41) is 1.67. The molecule has 0 heterocycles. The molecule has 1 aliphatic carbocycles. The summed E-state index contributed by atoms with van der Waals surface area (Å²) in [6, 6.07) is 7.59. The fourth-order valence-corrected chi connectivity index (χ4v) is 3.26. The molecule has 0 spiro atoms. The van der Waals surface area contributed by atoms with Crippen LogP contribution >= 0.6 is 23.2 Å². The topological polar surface area (TPSA) is 72.8 Å². The van der Waals surface area contributed by atoms with E-state index in [-0.39, 0.29) is 16.4 Å². The van der Waals surface area contributed by atoms with Gasteiger partial charge in [0, 0.05) is 0 Å². The molecule has 2 rings (SSSR count). The van der Waals surface area contributed by atoms with Crippen molar-refractivity contribution in [2.75, 3.05) is 0 Å². The third-order valence-corrected chi connectivity index (χ3v) is 5.51. The lowest BCUT2D eigenvalue weighted by molar-refractivity contribution is -0.115. The highest BCUT2D eigenvalue weighted by molar-refractivity contribution is 7.86. The summed E-state index contributed by atoms with van der Waals surface area (Å²) in [6.45, 7) is 3.19. The lowest BCUT2D eigenvalue weighted by atomic mass is 9.90. The molecule has 0 aliphatic heterocycles. The number of nitrogens with zero attached hydrogens (tertiary/aromatic N) is 1. The number of hydrogen-bond donors (Lipinski definition) is 0. The Hall–Kier alpha value is -1.37. The third kappa shape index (κ3) is 3.19. The van der Waals surface area contributed by atoms with Crippen molar-refractivity contribution in [3.8, 4) is 0 Å². The fourth-order valence-electron chi connectivity index (χ4n) is 1.90. The maximum atomic E-state index is 12.0.